The molecule has 19 heavy (non-hydrogen) atoms. The van der Waals surface area contributed by atoms with E-state index in [-0.39, 0.29) is 10.9 Å². The first-order chi connectivity index (χ1) is 8.93. The number of sulfone groups is 1. The third-order valence-electron chi connectivity index (χ3n) is 2.66. The van der Waals surface area contributed by atoms with E-state index >= 15 is 0 Å². The lowest BCUT2D eigenvalue weighted by Gasteiger charge is -2.33. The summed E-state index contributed by atoms with van der Waals surface area (Å²) >= 11 is 2.66. The largest absolute Gasteiger partial charge is 0.363 e. The van der Waals surface area contributed by atoms with Crippen molar-refractivity contribution < 1.29 is 13.2 Å². The summed E-state index contributed by atoms with van der Waals surface area (Å²) in [4.78, 5) is 13.7. The van der Waals surface area contributed by atoms with Crippen LogP contribution in [0.4, 0.5) is 5.13 Å². The molecule has 1 aromatic rings. The number of hydrogen-bond donors (Lipinski definition) is 1. The van der Waals surface area contributed by atoms with Crippen LogP contribution in [0.15, 0.2) is 0 Å². The molecule has 10 heteroatoms. The number of thioether (sulfide) groups is 1. The molecule has 1 aliphatic rings. The number of nitrogens with one attached hydrogen (secondary N) is 1. The normalized spacial score (nSPS) is 20.3. The van der Waals surface area contributed by atoms with Crippen molar-refractivity contribution >= 4 is 44.0 Å². The zero-order valence-corrected chi connectivity index (χ0v) is 12.9. The Morgan fingerprint density at radius 1 is 1.47 bits per heavy atom. The van der Waals surface area contributed by atoms with Crippen molar-refractivity contribution in [1.82, 2.24) is 15.1 Å². The number of carbonyl (C=O) groups excluding carboxylic acids is 1. The third-order valence-corrected chi connectivity index (χ3v) is 6.23. The van der Waals surface area contributed by atoms with Crippen molar-refractivity contribution in [2.75, 3.05) is 36.7 Å². The summed E-state index contributed by atoms with van der Waals surface area (Å²) in [5.41, 5.74) is 0. The van der Waals surface area contributed by atoms with E-state index in [4.69, 9.17) is 0 Å². The number of carbonyl (C=O) groups is 1. The minimum Gasteiger partial charge on any atom is -0.363 e. The Labute approximate surface area is 119 Å². The second kappa shape index (κ2) is 5.63. The molecule has 1 amide bonds. The molecule has 0 aliphatic carbocycles. The van der Waals surface area contributed by atoms with E-state index in [0.29, 0.717) is 17.4 Å². The molecule has 1 fully saturated rings. The summed E-state index contributed by atoms with van der Waals surface area (Å²) in [6.07, 6.45) is 1.16. The van der Waals surface area contributed by atoms with Crippen molar-refractivity contribution in [1.29, 1.82) is 0 Å². The molecule has 0 bridgehead atoms. The highest BCUT2D eigenvalue weighted by Gasteiger charge is 2.35. The lowest BCUT2D eigenvalue weighted by molar-refractivity contribution is 0.0748. The van der Waals surface area contributed by atoms with E-state index in [9.17, 15) is 13.2 Å². The average Bonchev–Trinajstić information content (AvgIpc) is 2.85. The zero-order valence-electron chi connectivity index (χ0n) is 10.5. The molecular formula is C9H14N4O3S3. The molecule has 0 spiro atoms. The van der Waals surface area contributed by atoms with Gasteiger partial charge < -0.3 is 10.2 Å². The van der Waals surface area contributed by atoms with Crippen LogP contribution in [0.25, 0.3) is 0 Å². The molecule has 1 unspecified atom stereocenters. The van der Waals surface area contributed by atoms with E-state index in [1.165, 1.54) is 16.7 Å². The topological polar surface area (TPSA) is 92.3 Å². The fourth-order valence-electron chi connectivity index (χ4n) is 1.70. The van der Waals surface area contributed by atoms with Crippen molar-refractivity contribution in [3.8, 4) is 0 Å². The first-order valence-corrected chi connectivity index (χ1v) is 9.45. The van der Waals surface area contributed by atoms with Gasteiger partial charge in [-0.15, -0.1) is 10.2 Å². The van der Waals surface area contributed by atoms with Gasteiger partial charge in [-0.25, -0.2) is 8.42 Å². The highest BCUT2D eigenvalue weighted by Crippen LogP contribution is 2.24. The van der Waals surface area contributed by atoms with Gasteiger partial charge in [0.2, 0.25) is 10.1 Å². The van der Waals surface area contributed by atoms with Crippen LogP contribution in [-0.2, 0) is 9.84 Å². The molecule has 0 saturated carbocycles. The predicted octanol–water partition coefficient (Wildman–Crippen LogP) is 0.140. The lowest BCUT2D eigenvalue weighted by Crippen LogP contribution is -2.49. The second-order valence-electron chi connectivity index (χ2n) is 4.02. The van der Waals surface area contributed by atoms with Crippen molar-refractivity contribution in [2.24, 2.45) is 0 Å². The van der Waals surface area contributed by atoms with E-state index in [1.54, 1.807) is 7.05 Å². The Morgan fingerprint density at radius 2 is 2.21 bits per heavy atom. The van der Waals surface area contributed by atoms with E-state index in [0.717, 1.165) is 23.3 Å². The molecule has 7 nitrogen and oxygen atoms in total. The van der Waals surface area contributed by atoms with Crippen LogP contribution in [0.3, 0.4) is 0 Å². The molecule has 0 radical (unpaired) electrons. The molecule has 0 aromatic carbocycles. The van der Waals surface area contributed by atoms with Gasteiger partial charge in [-0.05, 0) is 0 Å². The first kappa shape index (κ1) is 14.5. The van der Waals surface area contributed by atoms with Gasteiger partial charge in [0.1, 0.15) is 5.37 Å². The smallest absolute Gasteiger partial charge is 0.286 e. The summed E-state index contributed by atoms with van der Waals surface area (Å²) < 4.78 is 23.5. The summed E-state index contributed by atoms with van der Waals surface area (Å²) in [7, 11) is -1.62. The molecule has 1 aliphatic heterocycles. The fourth-order valence-corrected chi connectivity index (χ4v) is 5.17. The number of amides is 1. The Kier molecular flexibility index (Phi) is 4.31. The minimum atomic E-state index is -3.30. The summed E-state index contributed by atoms with van der Waals surface area (Å²) in [5, 5.41) is 10.4. The van der Waals surface area contributed by atoms with E-state index in [2.05, 4.69) is 15.5 Å². The standard InChI is InChI=1S/C9H14N4O3S3/c1-10-9-12-11-7(18-9)8(14)13-3-4-17-5-6(13)19(2,15)16/h6H,3-5H2,1-2H3,(H,10,12). The minimum absolute atomic E-state index is 0.213. The molecule has 1 N–H and O–H groups in total. The second-order valence-corrected chi connectivity index (χ2v) is 8.35. The van der Waals surface area contributed by atoms with Gasteiger partial charge in [0.05, 0.1) is 0 Å². The fraction of sp³-hybridized carbons (Fsp3) is 0.667. The molecule has 2 heterocycles. The Hall–Kier alpha value is -0.870. The molecule has 2 rings (SSSR count). The van der Waals surface area contributed by atoms with Crippen molar-refractivity contribution in [3.05, 3.63) is 5.01 Å². The van der Waals surface area contributed by atoms with E-state index in [1.807, 2.05) is 0 Å². The Bertz CT molecular complexity index is 571. The lowest BCUT2D eigenvalue weighted by atomic mass is 10.4. The van der Waals surface area contributed by atoms with Gasteiger partial charge in [-0.2, -0.15) is 11.8 Å². The Morgan fingerprint density at radius 3 is 2.79 bits per heavy atom. The third kappa shape index (κ3) is 3.18. The predicted molar refractivity (Wildman–Crippen MR) is 76.4 cm³/mol. The van der Waals surface area contributed by atoms with Crippen molar-refractivity contribution in [3.63, 3.8) is 0 Å². The number of anilines is 1. The van der Waals surface area contributed by atoms with Gasteiger partial charge >= 0.3 is 0 Å². The van der Waals surface area contributed by atoms with Gasteiger partial charge in [0.15, 0.2) is 9.84 Å². The van der Waals surface area contributed by atoms with Gasteiger partial charge in [-0.3, -0.25) is 4.79 Å². The number of nitrogens with zero attached hydrogens (tertiary/aromatic N) is 3. The molecule has 1 saturated heterocycles. The van der Waals surface area contributed by atoms with E-state index < -0.39 is 15.2 Å². The highest BCUT2D eigenvalue weighted by molar-refractivity contribution is 8.00. The number of hydrogen-bond acceptors (Lipinski definition) is 8. The number of rotatable bonds is 3. The molecule has 1 aromatic heterocycles. The van der Waals surface area contributed by atoms with Crippen LogP contribution in [0.1, 0.15) is 9.80 Å². The van der Waals surface area contributed by atoms with Gasteiger partial charge in [0, 0.05) is 31.4 Å². The van der Waals surface area contributed by atoms with Gasteiger partial charge in [0.25, 0.3) is 5.91 Å². The quantitative estimate of drug-likeness (QED) is 0.846. The SMILES string of the molecule is CNc1nnc(C(=O)N2CCSCC2S(C)(=O)=O)s1. The maximum absolute atomic E-state index is 12.3. The average molecular weight is 322 g/mol. The van der Waals surface area contributed by atoms with Crippen LogP contribution in [0, 0.1) is 0 Å². The van der Waals surface area contributed by atoms with Crippen LogP contribution < -0.4 is 5.32 Å². The maximum atomic E-state index is 12.3. The maximum Gasteiger partial charge on any atom is 0.286 e. The summed E-state index contributed by atoms with van der Waals surface area (Å²) in [6.45, 7) is 0.412. The van der Waals surface area contributed by atoms with Crippen LogP contribution >= 0.6 is 23.1 Å². The monoisotopic (exact) mass is 322 g/mol. The highest BCUT2D eigenvalue weighted by atomic mass is 32.2. The first-order valence-electron chi connectivity index (χ1n) is 5.52. The van der Waals surface area contributed by atoms with Crippen LogP contribution in [0.5, 0.6) is 0 Å². The number of aromatic nitrogens is 2. The molecule has 106 valence electrons. The summed E-state index contributed by atoms with van der Waals surface area (Å²) in [5.74, 6) is 0.771. The molecule has 1 atom stereocenters. The van der Waals surface area contributed by atoms with Crippen molar-refractivity contribution in [2.45, 2.75) is 5.37 Å². The zero-order chi connectivity index (χ0) is 14.0. The molecular weight excluding hydrogens is 308 g/mol. The van der Waals surface area contributed by atoms with Crippen LogP contribution in [0.2, 0.25) is 0 Å². The Balaban J connectivity index is 2.25. The van der Waals surface area contributed by atoms with Crippen LogP contribution in [-0.4, -0.2) is 66.2 Å². The summed E-state index contributed by atoms with van der Waals surface area (Å²) in [6, 6.07) is 0. The van der Waals surface area contributed by atoms with Gasteiger partial charge in [-0.1, -0.05) is 11.3 Å².